The van der Waals surface area contributed by atoms with Gasteiger partial charge in [0, 0.05) is 16.8 Å². The van der Waals surface area contributed by atoms with Gasteiger partial charge >= 0.3 is 0 Å². The first-order valence-electron chi connectivity index (χ1n) is 8.87. The van der Waals surface area contributed by atoms with E-state index >= 15 is 0 Å². The highest BCUT2D eigenvalue weighted by molar-refractivity contribution is 7.92. The minimum Gasteiger partial charge on any atom is -0.322 e. The molecule has 1 amide bonds. The predicted octanol–water partition coefficient (Wildman–Crippen LogP) is 5.24. The van der Waals surface area contributed by atoms with E-state index in [0.717, 1.165) is 0 Å². The Morgan fingerprint density at radius 3 is 2.53 bits per heavy atom. The molecule has 3 aromatic rings. The number of benzene rings is 3. The quantitative estimate of drug-likeness (QED) is 0.510. The van der Waals surface area contributed by atoms with E-state index < -0.39 is 21.7 Å². The Morgan fingerprint density at radius 2 is 1.80 bits per heavy atom. The second-order valence-corrected chi connectivity index (χ2v) is 8.59. The lowest BCUT2D eigenvalue weighted by molar-refractivity contribution is -0.111. The molecule has 0 aliphatic carbocycles. The molecule has 0 radical (unpaired) electrons. The average molecular weight is 445 g/mol. The van der Waals surface area contributed by atoms with E-state index in [0.29, 0.717) is 27.5 Å². The summed E-state index contributed by atoms with van der Waals surface area (Å²) < 4.78 is 41.1. The lowest BCUT2D eigenvalue weighted by atomic mass is 10.2. The molecule has 5 nitrogen and oxygen atoms in total. The van der Waals surface area contributed by atoms with Crippen molar-refractivity contribution in [3.63, 3.8) is 0 Å². The lowest BCUT2D eigenvalue weighted by Gasteiger charge is -2.12. The SMILES string of the molecule is Cc1ccc(S(=O)(=O)Nc2cccc(Cl)c2)cc1NC(=O)C=Cc1cccc(F)c1. The number of sulfonamides is 1. The normalized spacial score (nSPS) is 11.4. The highest BCUT2D eigenvalue weighted by atomic mass is 35.5. The molecule has 0 aromatic heterocycles. The molecule has 3 aromatic carbocycles. The van der Waals surface area contributed by atoms with E-state index in [1.807, 2.05) is 0 Å². The average Bonchev–Trinajstić information content (AvgIpc) is 2.68. The van der Waals surface area contributed by atoms with E-state index in [4.69, 9.17) is 11.6 Å². The summed E-state index contributed by atoms with van der Waals surface area (Å²) in [7, 11) is -3.88. The molecular formula is C22H18ClFN2O3S. The number of carbonyl (C=O) groups is 1. The standard InChI is InChI=1S/C22H18ClFN2O3S/c1-15-8-10-20(30(28,29)26-19-7-3-5-17(23)13-19)14-21(15)25-22(27)11-9-16-4-2-6-18(24)12-16/h2-14,26H,1H3,(H,25,27). The summed E-state index contributed by atoms with van der Waals surface area (Å²) in [6.07, 6.45) is 2.72. The topological polar surface area (TPSA) is 75.3 Å². The Morgan fingerprint density at radius 1 is 1.03 bits per heavy atom. The number of amides is 1. The third kappa shape index (κ3) is 5.68. The van der Waals surface area contributed by atoms with Crippen LogP contribution < -0.4 is 10.0 Å². The van der Waals surface area contributed by atoms with Crippen molar-refractivity contribution in [1.82, 2.24) is 0 Å². The fourth-order valence-electron chi connectivity index (χ4n) is 2.63. The van der Waals surface area contributed by atoms with Gasteiger partial charge in [0.15, 0.2) is 0 Å². The molecule has 2 N–H and O–H groups in total. The molecular weight excluding hydrogens is 427 g/mol. The van der Waals surface area contributed by atoms with Crippen LogP contribution in [0.2, 0.25) is 5.02 Å². The fraction of sp³-hybridized carbons (Fsp3) is 0.0455. The summed E-state index contributed by atoms with van der Waals surface area (Å²) in [5.41, 5.74) is 1.89. The Kier molecular flexibility index (Phi) is 6.54. The number of halogens is 2. The Balaban J connectivity index is 1.78. The summed E-state index contributed by atoms with van der Waals surface area (Å²) in [4.78, 5) is 12.2. The molecule has 0 saturated carbocycles. The maximum atomic E-state index is 13.2. The van der Waals surface area contributed by atoms with Gasteiger partial charge in [0.25, 0.3) is 10.0 Å². The van der Waals surface area contributed by atoms with Gasteiger partial charge in [-0.3, -0.25) is 9.52 Å². The number of anilines is 2. The molecule has 0 heterocycles. The minimum absolute atomic E-state index is 0.0162. The first kappa shape index (κ1) is 21.5. The second kappa shape index (κ2) is 9.11. The van der Waals surface area contributed by atoms with Crippen molar-refractivity contribution in [1.29, 1.82) is 0 Å². The molecule has 0 unspecified atom stereocenters. The first-order valence-corrected chi connectivity index (χ1v) is 10.7. The Labute approximate surface area is 179 Å². The zero-order chi connectivity index (χ0) is 21.7. The number of carbonyl (C=O) groups excluding carboxylic acids is 1. The number of rotatable bonds is 6. The monoisotopic (exact) mass is 444 g/mol. The molecule has 8 heteroatoms. The Hall–Kier alpha value is -3.16. The maximum absolute atomic E-state index is 13.2. The number of hydrogen-bond donors (Lipinski definition) is 2. The molecule has 0 aliphatic rings. The van der Waals surface area contributed by atoms with Crippen LogP contribution in [0.15, 0.2) is 77.7 Å². The highest BCUT2D eigenvalue weighted by Crippen LogP contribution is 2.24. The zero-order valence-electron chi connectivity index (χ0n) is 15.9. The van der Waals surface area contributed by atoms with Gasteiger partial charge in [-0.15, -0.1) is 0 Å². The third-order valence-electron chi connectivity index (χ3n) is 4.13. The van der Waals surface area contributed by atoms with Gasteiger partial charge in [-0.05, 0) is 66.6 Å². The Bertz CT molecular complexity index is 1230. The number of nitrogens with one attached hydrogen (secondary N) is 2. The molecule has 0 saturated heterocycles. The first-order chi connectivity index (χ1) is 14.2. The number of hydrogen-bond acceptors (Lipinski definition) is 3. The van der Waals surface area contributed by atoms with Crippen LogP contribution in [0.25, 0.3) is 6.08 Å². The van der Waals surface area contributed by atoms with Crippen molar-refractivity contribution < 1.29 is 17.6 Å². The summed E-state index contributed by atoms with van der Waals surface area (Å²) in [6, 6.07) is 16.6. The molecule has 154 valence electrons. The summed E-state index contributed by atoms with van der Waals surface area (Å²) in [5, 5.41) is 3.05. The van der Waals surface area contributed by atoms with Gasteiger partial charge in [-0.25, -0.2) is 12.8 Å². The predicted molar refractivity (Wildman–Crippen MR) is 118 cm³/mol. The molecule has 0 spiro atoms. The second-order valence-electron chi connectivity index (χ2n) is 6.47. The van der Waals surface area contributed by atoms with E-state index in [1.165, 1.54) is 48.6 Å². The van der Waals surface area contributed by atoms with E-state index in [1.54, 1.807) is 37.3 Å². The summed E-state index contributed by atoms with van der Waals surface area (Å²) in [5.74, 6) is -0.877. The van der Waals surface area contributed by atoms with Crippen molar-refractivity contribution in [3.05, 3.63) is 94.8 Å². The van der Waals surface area contributed by atoms with Gasteiger partial charge in [-0.2, -0.15) is 0 Å². The van der Waals surface area contributed by atoms with E-state index in [9.17, 15) is 17.6 Å². The van der Waals surface area contributed by atoms with Gasteiger partial charge in [0.1, 0.15) is 5.82 Å². The zero-order valence-corrected chi connectivity index (χ0v) is 17.5. The van der Waals surface area contributed by atoms with Crippen LogP contribution in [-0.2, 0) is 14.8 Å². The molecule has 0 fully saturated rings. The molecule has 0 aliphatic heterocycles. The van der Waals surface area contributed by atoms with Crippen LogP contribution in [0.1, 0.15) is 11.1 Å². The smallest absolute Gasteiger partial charge is 0.261 e. The van der Waals surface area contributed by atoms with Gasteiger partial charge < -0.3 is 5.32 Å². The van der Waals surface area contributed by atoms with Crippen molar-refractivity contribution in [2.45, 2.75) is 11.8 Å². The summed E-state index contributed by atoms with van der Waals surface area (Å²) >= 11 is 5.90. The minimum atomic E-state index is -3.88. The molecule has 0 atom stereocenters. The van der Waals surface area contributed by atoms with Crippen LogP contribution in [0, 0.1) is 12.7 Å². The van der Waals surface area contributed by atoms with Crippen LogP contribution in [0.3, 0.4) is 0 Å². The van der Waals surface area contributed by atoms with Gasteiger partial charge in [0.2, 0.25) is 5.91 Å². The molecule has 30 heavy (non-hydrogen) atoms. The van der Waals surface area contributed by atoms with E-state index in [2.05, 4.69) is 10.0 Å². The fourth-order valence-corrected chi connectivity index (χ4v) is 3.89. The third-order valence-corrected chi connectivity index (χ3v) is 5.74. The van der Waals surface area contributed by atoms with Gasteiger partial charge in [-0.1, -0.05) is 35.9 Å². The van der Waals surface area contributed by atoms with Crippen LogP contribution >= 0.6 is 11.6 Å². The largest absolute Gasteiger partial charge is 0.322 e. The van der Waals surface area contributed by atoms with Crippen LogP contribution in [0.5, 0.6) is 0 Å². The van der Waals surface area contributed by atoms with Crippen molar-refractivity contribution in [2.75, 3.05) is 10.0 Å². The van der Waals surface area contributed by atoms with Gasteiger partial charge in [0.05, 0.1) is 10.6 Å². The highest BCUT2D eigenvalue weighted by Gasteiger charge is 2.16. The molecule has 0 bridgehead atoms. The van der Waals surface area contributed by atoms with Crippen LogP contribution in [-0.4, -0.2) is 14.3 Å². The van der Waals surface area contributed by atoms with Crippen molar-refractivity contribution in [3.8, 4) is 0 Å². The molecule has 3 rings (SSSR count). The maximum Gasteiger partial charge on any atom is 0.261 e. The van der Waals surface area contributed by atoms with E-state index in [-0.39, 0.29) is 4.90 Å². The lowest BCUT2D eigenvalue weighted by Crippen LogP contribution is -2.14. The summed E-state index contributed by atoms with van der Waals surface area (Å²) in [6.45, 7) is 1.74. The van der Waals surface area contributed by atoms with Crippen molar-refractivity contribution in [2.24, 2.45) is 0 Å². The van der Waals surface area contributed by atoms with Crippen molar-refractivity contribution >= 4 is 45.0 Å². The van der Waals surface area contributed by atoms with Crippen LogP contribution in [0.4, 0.5) is 15.8 Å². The number of aryl methyl sites for hydroxylation is 1.